The summed E-state index contributed by atoms with van der Waals surface area (Å²) in [5.74, 6) is -0.839. The van der Waals surface area contributed by atoms with Crippen LogP contribution < -0.4 is 4.74 Å². The number of aromatic nitrogens is 2. The van der Waals surface area contributed by atoms with Gasteiger partial charge in [-0.1, -0.05) is 78.9 Å². The van der Waals surface area contributed by atoms with Gasteiger partial charge in [0.05, 0.1) is 25.3 Å². The van der Waals surface area contributed by atoms with E-state index in [-0.39, 0.29) is 6.61 Å². The molecule has 9 heteroatoms. The van der Waals surface area contributed by atoms with E-state index in [0.717, 1.165) is 11.1 Å². The molecular weight excluding hydrogens is 548 g/mol. The molecule has 0 bridgehead atoms. The smallest absolute Gasteiger partial charge is 0.240 e. The zero-order valence-corrected chi connectivity index (χ0v) is 23.0. The first-order chi connectivity index (χ1) is 19.6. The molecule has 1 aliphatic heterocycles. The molecule has 3 aromatic carbocycles. The summed E-state index contributed by atoms with van der Waals surface area (Å²) >= 11 is 8.33. The van der Waals surface area contributed by atoms with Crippen molar-refractivity contribution in [3.8, 4) is 11.6 Å². The lowest BCUT2D eigenvalue weighted by Crippen LogP contribution is -2.38. The van der Waals surface area contributed by atoms with E-state index in [0.29, 0.717) is 40.6 Å². The molecule has 7 nitrogen and oxygen atoms in total. The third-order valence-corrected chi connectivity index (χ3v) is 8.20. The van der Waals surface area contributed by atoms with Gasteiger partial charge in [-0.15, -0.1) is 22.9 Å². The van der Waals surface area contributed by atoms with E-state index < -0.39 is 23.4 Å². The number of nitrogens with zero attached hydrogens (tertiary/aromatic N) is 2. The predicted molar refractivity (Wildman–Crippen MR) is 153 cm³/mol. The fourth-order valence-electron chi connectivity index (χ4n) is 4.70. The number of ether oxygens (including phenoxy) is 4. The zero-order chi connectivity index (χ0) is 27.4. The highest BCUT2D eigenvalue weighted by Gasteiger charge is 2.56. The molecule has 40 heavy (non-hydrogen) atoms. The van der Waals surface area contributed by atoms with Crippen molar-refractivity contribution < 1.29 is 24.1 Å². The maximum atomic E-state index is 12.0. The van der Waals surface area contributed by atoms with Crippen molar-refractivity contribution in [3.05, 3.63) is 119 Å². The average molecular weight is 575 g/mol. The first-order valence-electron chi connectivity index (χ1n) is 12.9. The van der Waals surface area contributed by atoms with Crippen LogP contribution >= 0.6 is 22.9 Å². The van der Waals surface area contributed by atoms with Gasteiger partial charge in [-0.2, -0.15) is 0 Å². The van der Waals surface area contributed by atoms with Crippen molar-refractivity contribution in [1.29, 1.82) is 0 Å². The van der Waals surface area contributed by atoms with Crippen molar-refractivity contribution in [2.75, 3.05) is 6.61 Å². The molecule has 0 aliphatic carbocycles. The van der Waals surface area contributed by atoms with Gasteiger partial charge in [-0.25, -0.2) is 9.97 Å². The molecule has 1 aliphatic rings. The fourth-order valence-corrected chi connectivity index (χ4v) is 6.09. The Hall–Kier alpha value is -3.37. The quantitative estimate of drug-likeness (QED) is 0.192. The minimum absolute atomic E-state index is 0.180. The molecule has 6 rings (SSSR count). The summed E-state index contributed by atoms with van der Waals surface area (Å²) in [6.45, 7) is 0.885. The Balaban J connectivity index is 1.27. The van der Waals surface area contributed by atoms with E-state index >= 15 is 0 Å². The molecule has 1 N–H and O–H groups in total. The molecule has 2 aromatic heterocycles. The minimum atomic E-state index is -1.87. The van der Waals surface area contributed by atoms with Gasteiger partial charge in [-0.3, -0.25) is 0 Å². The number of fused-ring (bicyclic) bond motifs is 1. The van der Waals surface area contributed by atoms with Crippen molar-refractivity contribution in [3.63, 3.8) is 0 Å². The SMILES string of the molecule is OC1(c2csc3c(Oc4ccccc4)ncnc23)O[C@H](COCc2ccccc2)[C@@H](OCc2ccccc2)[C@H]1Cl. The predicted octanol–water partition coefficient (Wildman–Crippen LogP) is 6.44. The van der Waals surface area contributed by atoms with Gasteiger partial charge in [0.15, 0.2) is 0 Å². The van der Waals surface area contributed by atoms with Crippen LogP contribution in [0.15, 0.2) is 103 Å². The van der Waals surface area contributed by atoms with Crippen molar-refractivity contribution in [2.45, 2.75) is 36.6 Å². The van der Waals surface area contributed by atoms with Crippen LogP contribution in [-0.4, -0.2) is 39.3 Å². The summed E-state index contributed by atoms with van der Waals surface area (Å²) in [5, 5.41) is 12.8. The Bertz CT molecular complexity index is 1540. The van der Waals surface area contributed by atoms with Crippen LogP contribution in [-0.2, 0) is 33.2 Å². The molecular formula is C31H27ClN2O5S. The third-order valence-electron chi connectivity index (χ3n) is 6.70. The summed E-state index contributed by atoms with van der Waals surface area (Å²) in [6.07, 6.45) is 0.124. The standard InChI is InChI=1S/C31H27ClN2O5S/c32-29-27(37-17-22-12-6-2-7-13-22)25(18-36-16-21-10-4-1-5-11-21)39-31(29,35)24-19-40-28-26(24)33-20-34-30(28)38-23-14-8-3-9-15-23/h1-15,19-20,25,27,29,35H,16-18H2/t25-,27-,29-,31?/m1/s1. The van der Waals surface area contributed by atoms with Crippen LogP contribution in [0.2, 0.25) is 0 Å². The van der Waals surface area contributed by atoms with E-state index in [1.807, 2.05) is 91.0 Å². The third kappa shape index (κ3) is 5.60. The minimum Gasteiger partial charge on any atom is -0.437 e. The van der Waals surface area contributed by atoms with E-state index in [1.165, 1.54) is 17.7 Å². The Labute approximate surface area is 240 Å². The van der Waals surface area contributed by atoms with Gasteiger partial charge in [0.1, 0.15) is 34.4 Å². The Kier molecular flexibility index (Phi) is 8.06. The molecule has 0 radical (unpaired) electrons. The molecule has 1 saturated heterocycles. The van der Waals surface area contributed by atoms with E-state index in [4.69, 9.17) is 30.5 Å². The van der Waals surface area contributed by atoms with Gasteiger partial charge >= 0.3 is 0 Å². The summed E-state index contributed by atoms with van der Waals surface area (Å²) < 4.78 is 25.2. The topological polar surface area (TPSA) is 82.9 Å². The lowest BCUT2D eigenvalue weighted by atomic mass is 10.0. The average Bonchev–Trinajstić information content (AvgIpc) is 3.54. The second-order valence-corrected chi connectivity index (χ2v) is 10.8. The second kappa shape index (κ2) is 12.0. The van der Waals surface area contributed by atoms with Crippen LogP contribution in [0.3, 0.4) is 0 Å². The number of halogens is 1. The van der Waals surface area contributed by atoms with Crippen LogP contribution in [0.25, 0.3) is 10.2 Å². The zero-order valence-electron chi connectivity index (χ0n) is 21.4. The summed E-state index contributed by atoms with van der Waals surface area (Å²) in [5.41, 5.74) is 2.96. The number of benzene rings is 3. The van der Waals surface area contributed by atoms with E-state index in [2.05, 4.69) is 9.97 Å². The monoisotopic (exact) mass is 574 g/mol. The number of rotatable bonds is 10. The van der Waals surface area contributed by atoms with Crippen LogP contribution in [0.4, 0.5) is 0 Å². The first kappa shape index (κ1) is 26.8. The highest BCUT2D eigenvalue weighted by atomic mass is 35.5. The van der Waals surface area contributed by atoms with Crippen molar-refractivity contribution >= 4 is 33.2 Å². The molecule has 204 valence electrons. The van der Waals surface area contributed by atoms with Gasteiger partial charge in [0.25, 0.3) is 0 Å². The van der Waals surface area contributed by atoms with Gasteiger partial charge in [0.2, 0.25) is 11.7 Å². The molecule has 1 unspecified atom stereocenters. The number of alkyl halides is 1. The maximum Gasteiger partial charge on any atom is 0.240 e. The fraction of sp³-hybridized carbons (Fsp3) is 0.226. The molecule has 1 fully saturated rings. The summed E-state index contributed by atoms with van der Waals surface area (Å²) in [4.78, 5) is 8.78. The first-order valence-corrected chi connectivity index (χ1v) is 14.2. The lowest BCUT2D eigenvalue weighted by Gasteiger charge is -2.25. The van der Waals surface area contributed by atoms with Crippen LogP contribution in [0.5, 0.6) is 11.6 Å². The molecule has 3 heterocycles. The Morgan fingerprint density at radius 2 is 1.52 bits per heavy atom. The van der Waals surface area contributed by atoms with Crippen LogP contribution in [0, 0.1) is 0 Å². The van der Waals surface area contributed by atoms with Crippen molar-refractivity contribution in [1.82, 2.24) is 9.97 Å². The van der Waals surface area contributed by atoms with E-state index in [9.17, 15) is 5.11 Å². The number of hydrogen-bond acceptors (Lipinski definition) is 8. The summed E-state index contributed by atoms with van der Waals surface area (Å²) in [7, 11) is 0. The highest BCUT2D eigenvalue weighted by Crippen LogP contribution is 2.47. The van der Waals surface area contributed by atoms with Gasteiger partial charge < -0.3 is 24.1 Å². The van der Waals surface area contributed by atoms with Crippen molar-refractivity contribution in [2.24, 2.45) is 0 Å². The summed E-state index contributed by atoms with van der Waals surface area (Å²) in [6, 6.07) is 29.0. The Morgan fingerprint density at radius 3 is 2.23 bits per heavy atom. The van der Waals surface area contributed by atoms with E-state index in [1.54, 1.807) is 5.38 Å². The number of hydrogen-bond donors (Lipinski definition) is 1. The highest BCUT2D eigenvalue weighted by molar-refractivity contribution is 7.17. The largest absolute Gasteiger partial charge is 0.437 e. The van der Waals surface area contributed by atoms with Gasteiger partial charge in [0, 0.05) is 10.9 Å². The Morgan fingerprint density at radius 1 is 0.875 bits per heavy atom. The van der Waals surface area contributed by atoms with Gasteiger partial charge in [-0.05, 0) is 23.3 Å². The molecule has 5 aromatic rings. The maximum absolute atomic E-state index is 12.0. The molecule has 0 saturated carbocycles. The molecule has 0 amide bonds. The number of thiophene rings is 1. The lowest BCUT2D eigenvalue weighted by molar-refractivity contribution is -0.208. The van der Waals surface area contributed by atoms with Crippen LogP contribution in [0.1, 0.15) is 16.7 Å². The normalized spacial score (nSPS) is 22.5. The number of para-hydroxylation sites is 1. The molecule has 0 spiro atoms. The second-order valence-electron chi connectivity index (χ2n) is 9.44. The molecule has 4 atom stereocenters. The number of aliphatic hydroxyl groups is 1.